The minimum absolute atomic E-state index is 0.0595. The van der Waals surface area contributed by atoms with E-state index < -0.39 is 10.0 Å². The topological polar surface area (TPSA) is 66.5 Å². The van der Waals surface area contributed by atoms with Crippen LogP contribution in [-0.4, -0.2) is 45.1 Å². The van der Waals surface area contributed by atoms with Crippen LogP contribution in [0.2, 0.25) is 0 Å². The molecule has 0 unspecified atom stereocenters. The third-order valence-corrected chi connectivity index (χ3v) is 6.37. The number of piperidine rings is 1. The third kappa shape index (κ3) is 5.30. The summed E-state index contributed by atoms with van der Waals surface area (Å²) in [6.07, 6.45) is 9.52. The van der Waals surface area contributed by atoms with Crippen LogP contribution in [0.15, 0.2) is 24.3 Å². The summed E-state index contributed by atoms with van der Waals surface area (Å²) in [5, 5.41) is 0. The van der Waals surface area contributed by atoms with Crippen molar-refractivity contribution in [2.45, 2.75) is 50.9 Å². The Labute approximate surface area is 157 Å². The van der Waals surface area contributed by atoms with Crippen LogP contribution in [0, 0.1) is 5.92 Å². The molecular formula is C20H30N2O3S. The zero-order valence-electron chi connectivity index (χ0n) is 15.6. The van der Waals surface area contributed by atoms with Crippen LogP contribution < -0.4 is 4.72 Å². The zero-order valence-corrected chi connectivity index (χ0v) is 16.4. The summed E-state index contributed by atoms with van der Waals surface area (Å²) in [4.78, 5) is 14.7. The molecule has 26 heavy (non-hydrogen) atoms. The number of likely N-dealkylation sites (tertiary alicyclic amines) is 1. The average Bonchev–Trinajstić information content (AvgIpc) is 2.66. The number of hydrogen-bond acceptors (Lipinski definition) is 3. The van der Waals surface area contributed by atoms with Gasteiger partial charge in [-0.3, -0.25) is 4.79 Å². The maximum Gasteiger partial charge on any atom is 0.253 e. The molecule has 6 heteroatoms. The Balaban J connectivity index is 1.59. The Kier molecular flexibility index (Phi) is 6.35. The van der Waals surface area contributed by atoms with Crippen molar-refractivity contribution < 1.29 is 13.2 Å². The van der Waals surface area contributed by atoms with Crippen molar-refractivity contribution in [3.05, 3.63) is 35.4 Å². The molecule has 0 spiro atoms. The number of rotatable bonds is 5. The summed E-state index contributed by atoms with van der Waals surface area (Å²) < 4.78 is 25.1. The van der Waals surface area contributed by atoms with Gasteiger partial charge in [0.15, 0.2) is 0 Å². The molecule has 1 N–H and O–H groups in total. The molecule has 1 heterocycles. The Morgan fingerprint density at radius 1 is 1.08 bits per heavy atom. The minimum Gasteiger partial charge on any atom is -0.338 e. The molecule has 1 amide bonds. The fourth-order valence-corrected chi connectivity index (χ4v) is 4.74. The first-order chi connectivity index (χ1) is 12.4. The second-order valence-electron chi connectivity index (χ2n) is 7.84. The molecule has 1 aromatic carbocycles. The van der Waals surface area contributed by atoms with Gasteiger partial charge in [0.25, 0.3) is 5.91 Å². The van der Waals surface area contributed by atoms with Crippen molar-refractivity contribution in [1.82, 2.24) is 9.62 Å². The normalized spacial score (nSPS) is 22.3. The van der Waals surface area contributed by atoms with Crippen LogP contribution in [0.3, 0.4) is 0 Å². The van der Waals surface area contributed by atoms with Gasteiger partial charge in [-0.25, -0.2) is 13.1 Å². The highest BCUT2D eigenvalue weighted by Crippen LogP contribution is 2.32. The number of carbonyl (C=O) groups is 1. The van der Waals surface area contributed by atoms with E-state index in [1.54, 1.807) is 0 Å². The SMILES string of the molecule is CS(=O)(=O)NC[C@H]1CCCN(C(=O)c2ccc(C3CCCCC3)cc2)C1. The highest BCUT2D eigenvalue weighted by Gasteiger charge is 2.25. The minimum atomic E-state index is -3.18. The third-order valence-electron chi connectivity index (χ3n) is 5.67. The lowest BCUT2D eigenvalue weighted by atomic mass is 9.84. The predicted octanol–water partition coefficient (Wildman–Crippen LogP) is 3.14. The first-order valence-electron chi connectivity index (χ1n) is 9.76. The molecular weight excluding hydrogens is 348 g/mol. The first-order valence-corrected chi connectivity index (χ1v) is 11.7. The molecule has 1 aromatic rings. The lowest BCUT2D eigenvalue weighted by Crippen LogP contribution is -2.43. The lowest BCUT2D eigenvalue weighted by molar-refractivity contribution is 0.0676. The highest BCUT2D eigenvalue weighted by atomic mass is 32.2. The van der Waals surface area contributed by atoms with Gasteiger partial charge in [-0.05, 0) is 55.2 Å². The summed E-state index contributed by atoms with van der Waals surface area (Å²) in [6, 6.07) is 8.17. The molecule has 0 aromatic heterocycles. The van der Waals surface area contributed by atoms with Gasteiger partial charge >= 0.3 is 0 Å². The van der Waals surface area contributed by atoms with E-state index in [1.807, 2.05) is 17.0 Å². The standard InChI is InChI=1S/C20H30N2O3S/c1-26(24,25)21-14-16-6-5-13-22(15-16)20(23)19-11-9-18(10-12-19)17-7-3-2-4-8-17/h9-12,16-17,21H,2-8,13-15H2,1H3/t16-/m1/s1. The number of carbonyl (C=O) groups excluding carboxylic acids is 1. The van der Waals surface area contributed by atoms with E-state index in [4.69, 9.17) is 0 Å². The summed E-state index contributed by atoms with van der Waals surface area (Å²) in [6.45, 7) is 1.77. The van der Waals surface area contributed by atoms with E-state index in [0.717, 1.165) is 24.9 Å². The van der Waals surface area contributed by atoms with Gasteiger partial charge < -0.3 is 4.90 Å². The van der Waals surface area contributed by atoms with E-state index >= 15 is 0 Å². The number of hydrogen-bond donors (Lipinski definition) is 1. The van der Waals surface area contributed by atoms with Gasteiger partial charge in [-0.15, -0.1) is 0 Å². The number of amides is 1. The van der Waals surface area contributed by atoms with Crippen LogP contribution in [0.5, 0.6) is 0 Å². The molecule has 1 saturated heterocycles. The molecule has 5 nitrogen and oxygen atoms in total. The molecule has 144 valence electrons. The fourth-order valence-electron chi connectivity index (χ4n) is 4.20. The first kappa shape index (κ1) is 19.4. The van der Waals surface area contributed by atoms with Gasteiger partial charge in [0.05, 0.1) is 6.26 Å². The van der Waals surface area contributed by atoms with Crippen molar-refractivity contribution >= 4 is 15.9 Å². The molecule has 3 rings (SSSR count). The number of benzene rings is 1. The monoisotopic (exact) mass is 378 g/mol. The van der Waals surface area contributed by atoms with E-state index in [-0.39, 0.29) is 11.8 Å². The molecule has 2 aliphatic rings. The molecule has 1 aliphatic carbocycles. The van der Waals surface area contributed by atoms with E-state index in [2.05, 4.69) is 16.9 Å². The van der Waals surface area contributed by atoms with Crippen LogP contribution in [-0.2, 0) is 10.0 Å². The van der Waals surface area contributed by atoms with Crippen molar-refractivity contribution in [3.8, 4) is 0 Å². The predicted molar refractivity (Wildman–Crippen MR) is 104 cm³/mol. The van der Waals surface area contributed by atoms with Gasteiger partial charge in [0.2, 0.25) is 10.0 Å². The van der Waals surface area contributed by atoms with Gasteiger partial charge in [-0.1, -0.05) is 31.4 Å². The van der Waals surface area contributed by atoms with Crippen LogP contribution in [0.4, 0.5) is 0 Å². The summed E-state index contributed by atoms with van der Waals surface area (Å²) >= 11 is 0. The Morgan fingerprint density at radius 3 is 2.42 bits per heavy atom. The zero-order chi connectivity index (χ0) is 18.6. The fraction of sp³-hybridized carbons (Fsp3) is 0.650. The quantitative estimate of drug-likeness (QED) is 0.856. The van der Waals surface area contributed by atoms with E-state index in [9.17, 15) is 13.2 Å². The molecule has 1 atom stereocenters. The summed E-state index contributed by atoms with van der Waals surface area (Å²) in [5.41, 5.74) is 2.09. The number of sulfonamides is 1. The summed E-state index contributed by atoms with van der Waals surface area (Å²) in [5.74, 6) is 0.891. The highest BCUT2D eigenvalue weighted by molar-refractivity contribution is 7.88. The average molecular weight is 379 g/mol. The van der Waals surface area contributed by atoms with Crippen molar-refractivity contribution in [2.75, 3.05) is 25.9 Å². The number of nitrogens with zero attached hydrogens (tertiary/aromatic N) is 1. The van der Waals surface area contributed by atoms with Crippen molar-refractivity contribution in [3.63, 3.8) is 0 Å². The van der Waals surface area contributed by atoms with Gasteiger partial charge in [0, 0.05) is 25.2 Å². The largest absolute Gasteiger partial charge is 0.338 e. The molecule has 0 radical (unpaired) electrons. The smallest absolute Gasteiger partial charge is 0.253 e. The van der Waals surface area contributed by atoms with Crippen LogP contribution in [0.1, 0.15) is 66.8 Å². The summed E-state index contributed by atoms with van der Waals surface area (Å²) in [7, 11) is -3.18. The van der Waals surface area contributed by atoms with Crippen LogP contribution >= 0.6 is 0 Å². The maximum atomic E-state index is 12.8. The van der Waals surface area contributed by atoms with Crippen molar-refractivity contribution in [1.29, 1.82) is 0 Å². The second kappa shape index (κ2) is 8.53. The molecule has 2 fully saturated rings. The van der Waals surface area contributed by atoms with Crippen molar-refractivity contribution in [2.24, 2.45) is 5.92 Å². The van der Waals surface area contributed by atoms with Gasteiger partial charge in [-0.2, -0.15) is 0 Å². The number of nitrogens with one attached hydrogen (secondary N) is 1. The Morgan fingerprint density at radius 2 is 1.77 bits per heavy atom. The van der Waals surface area contributed by atoms with E-state index in [1.165, 1.54) is 43.9 Å². The maximum absolute atomic E-state index is 12.8. The lowest BCUT2D eigenvalue weighted by Gasteiger charge is -2.33. The molecule has 1 saturated carbocycles. The molecule has 1 aliphatic heterocycles. The Bertz CT molecular complexity index is 709. The second-order valence-corrected chi connectivity index (χ2v) is 9.67. The van der Waals surface area contributed by atoms with Gasteiger partial charge in [0.1, 0.15) is 0 Å². The van der Waals surface area contributed by atoms with Crippen LogP contribution in [0.25, 0.3) is 0 Å². The van der Waals surface area contributed by atoms with E-state index in [0.29, 0.717) is 19.0 Å². The molecule has 0 bridgehead atoms. The Hall–Kier alpha value is -1.40.